The molecule has 20 heavy (non-hydrogen) atoms. The summed E-state index contributed by atoms with van der Waals surface area (Å²) in [6, 6.07) is 30.4. The lowest BCUT2D eigenvalue weighted by molar-refractivity contribution is 1.30. The monoisotopic (exact) mass is 277 g/mol. The highest BCUT2D eigenvalue weighted by atomic mass is 32.2. The van der Waals surface area contributed by atoms with Crippen LogP contribution in [0.25, 0.3) is 0 Å². The Hall–Kier alpha value is -1.99. The fraction of sp³-hybridized carbons (Fsp3) is 0.0526. The van der Waals surface area contributed by atoms with E-state index in [-0.39, 0.29) is 10.9 Å². The second-order valence-corrected chi connectivity index (χ2v) is 6.77. The van der Waals surface area contributed by atoms with Gasteiger partial charge in [0, 0.05) is 0 Å². The molecule has 0 atom stereocenters. The van der Waals surface area contributed by atoms with E-state index in [1.54, 1.807) is 0 Å². The van der Waals surface area contributed by atoms with Crippen molar-refractivity contribution in [1.29, 1.82) is 0 Å². The Kier molecular flexibility index (Phi) is 3.89. The third-order valence-corrected chi connectivity index (χ3v) is 5.45. The molecular formula is C19H17S+. The largest absolute Gasteiger partial charge is 0.166 e. The van der Waals surface area contributed by atoms with Crippen molar-refractivity contribution in [3.63, 3.8) is 0 Å². The minimum absolute atomic E-state index is 0.0229. The van der Waals surface area contributed by atoms with Gasteiger partial charge >= 0.3 is 0 Å². The Morgan fingerprint density at radius 2 is 0.900 bits per heavy atom. The SMILES string of the molecule is Cc1ccc([S+](c2ccccc2)c2ccccc2)cc1. The van der Waals surface area contributed by atoms with Crippen molar-refractivity contribution in [1.82, 2.24) is 0 Å². The van der Waals surface area contributed by atoms with E-state index >= 15 is 0 Å². The molecule has 0 bridgehead atoms. The molecule has 98 valence electrons. The van der Waals surface area contributed by atoms with Crippen LogP contribution in [0.3, 0.4) is 0 Å². The van der Waals surface area contributed by atoms with Crippen LogP contribution in [0.1, 0.15) is 5.56 Å². The first-order valence-electron chi connectivity index (χ1n) is 6.76. The summed E-state index contributed by atoms with van der Waals surface area (Å²) in [7, 11) is -0.0229. The molecule has 3 aromatic rings. The predicted octanol–water partition coefficient (Wildman–Crippen LogP) is 5.09. The van der Waals surface area contributed by atoms with E-state index in [1.807, 2.05) is 0 Å². The maximum atomic E-state index is 2.25. The highest BCUT2D eigenvalue weighted by Crippen LogP contribution is 2.30. The predicted molar refractivity (Wildman–Crippen MR) is 86.2 cm³/mol. The summed E-state index contributed by atoms with van der Waals surface area (Å²) < 4.78 is 0. The third-order valence-electron chi connectivity index (χ3n) is 3.21. The molecule has 0 saturated heterocycles. The van der Waals surface area contributed by atoms with Gasteiger partial charge in [-0.05, 0) is 43.3 Å². The van der Waals surface area contributed by atoms with Gasteiger partial charge in [-0.25, -0.2) is 0 Å². The van der Waals surface area contributed by atoms with E-state index in [2.05, 4.69) is 91.9 Å². The van der Waals surface area contributed by atoms with Crippen LogP contribution < -0.4 is 0 Å². The van der Waals surface area contributed by atoms with Gasteiger partial charge in [0.25, 0.3) is 0 Å². The van der Waals surface area contributed by atoms with Crippen LogP contribution in [0.5, 0.6) is 0 Å². The molecule has 1 heteroatoms. The molecular weight excluding hydrogens is 260 g/mol. The van der Waals surface area contributed by atoms with Crippen LogP contribution in [0.4, 0.5) is 0 Å². The van der Waals surface area contributed by atoms with Crippen LogP contribution >= 0.6 is 0 Å². The molecule has 0 aliphatic heterocycles. The van der Waals surface area contributed by atoms with Crippen LogP contribution in [-0.4, -0.2) is 0 Å². The normalized spacial score (nSPS) is 10.7. The summed E-state index contributed by atoms with van der Waals surface area (Å²) in [4.78, 5) is 4.10. The second kappa shape index (κ2) is 5.98. The maximum Gasteiger partial charge on any atom is 0.166 e. The molecule has 0 spiro atoms. The Labute approximate surface area is 123 Å². The van der Waals surface area contributed by atoms with Gasteiger partial charge in [0.2, 0.25) is 0 Å². The molecule has 3 rings (SSSR count). The zero-order chi connectivity index (χ0) is 13.8. The molecule has 0 nitrogen and oxygen atoms in total. The first kappa shape index (κ1) is 13.0. The van der Waals surface area contributed by atoms with E-state index in [0.29, 0.717) is 0 Å². The zero-order valence-electron chi connectivity index (χ0n) is 11.5. The van der Waals surface area contributed by atoms with Crippen molar-refractivity contribution in [2.75, 3.05) is 0 Å². The summed E-state index contributed by atoms with van der Waals surface area (Å²) >= 11 is 0. The average Bonchev–Trinajstić information content (AvgIpc) is 2.52. The van der Waals surface area contributed by atoms with Gasteiger partial charge in [-0.3, -0.25) is 0 Å². The Morgan fingerprint density at radius 1 is 0.500 bits per heavy atom. The summed E-state index contributed by atoms with van der Waals surface area (Å²) in [5.41, 5.74) is 1.30. The van der Waals surface area contributed by atoms with Gasteiger partial charge < -0.3 is 0 Å². The van der Waals surface area contributed by atoms with E-state index in [0.717, 1.165) is 0 Å². The van der Waals surface area contributed by atoms with Gasteiger partial charge in [-0.1, -0.05) is 54.1 Å². The van der Waals surface area contributed by atoms with Crippen molar-refractivity contribution in [3.8, 4) is 0 Å². The molecule has 0 saturated carbocycles. The lowest BCUT2D eigenvalue weighted by Gasteiger charge is -2.07. The molecule has 0 amide bonds. The van der Waals surface area contributed by atoms with E-state index in [9.17, 15) is 0 Å². The van der Waals surface area contributed by atoms with E-state index in [1.165, 1.54) is 20.2 Å². The second-order valence-electron chi connectivity index (χ2n) is 4.75. The van der Waals surface area contributed by atoms with Gasteiger partial charge in [0.15, 0.2) is 14.7 Å². The van der Waals surface area contributed by atoms with Crippen LogP contribution in [0.15, 0.2) is 99.6 Å². The standard InChI is InChI=1S/C19H17S/c1-16-12-14-19(15-13-16)20(17-8-4-2-5-9-17)18-10-6-3-7-11-18/h2-15H,1H3/q+1. The number of benzene rings is 3. The first-order valence-corrected chi connectivity index (χ1v) is 7.98. The summed E-state index contributed by atoms with van der Waals surface area (Å²) in [6.07, 6.45) is 0. The van der Waals surface area contributed by atoms with E-state index < -0.39 is 0 Å². The van der Waals surface area contributed by atoms with Gasteiger partial charge in [0.1, 0.15) is 0 Å². The third kappa shape index (κ3) is 2.78. The van der Waals surface area contributed by atoms with Crippen LogP contribution in [0.2, 0.25) is 0 Å². The topological polar surface area (TPSA) is 0 Å². The molecule has 0 heterocycles. The lowest BCUT2D eigenvalue weighted by Crippen LogP contribution is -2.04. The molecule has 0 aromatic heterocycles. The first-order chi connectivity index (χ1) is 9.84. The van der Waals surface area contributed by atoms with Crippen molar-refractivity contribution in [3.05, 3.63) is 90.5 Å². The number of hydrogen-bond acceptors (Lipinski definition) is 0. The minimum atomic E-state index is -0.0229. The quantitative estimate of drug-likeness (QED) is 0.585. The van der Waals surface area contributed by atoms with Crippen molar-refractivity contribution in [2.24, 2.45) is 0 Å². The molecule has 0 radical (unpaired) electrons. The van der Waals surface area contributed by atoms with Gasteiger partial charge in [-0.15, -0.1) is 0 Å². The van der Waals surface area contributed by atoms with Crippen molar-refractivity contribution in [2.45, 2.75) is 21.6 Å². The summed E-state index contributed by atoms with van der Waals surface area (Å²) in [6.45, 7) is 2.13. The molecule has 0 N–H and O–H groups in total. The molecule has 0 aliphatic rings. The Morgan fingerprint density at radius 3 is 1.35 bits per heavy atom. The van der Waals surface area contributed by atoms with E-state index in [4.69, 9.17) is 0 Å². The molecule has 0 unspecified atom stereocenters. The summed E-state index contributed by atoms with van der Waals surface area (Å²) in [5.74, 6) is 0. The smallest absolute Gasteiger partial charge is 0.0619 e. The maximum absolute atomic E-state index is 2.25. The lowest BCUT2D eigenvalue weighted by atomic mass is 10.2. The summed E-state index contributed by atoms with van der Waals surface area (Å²) in [5, 5.41) is 0. The van der Waals surface area contributed by atoms with Crippen molar-refractivity contribution < 1.29 is 0 Å². The highest BCUT2D eigenvalue weighted by molar-refractivity contribution is 7.97. The highest BCUT2D eigenvalue weighted by Gasteiger charge is 2.27. The number of aryl methyl sites for hydroxylation is 1. The average molecular weight is 277 g/mol. The fourth-order valence-electron chi connectivity index (χ4n) is 2.20. The molecule has 3 aromatic carbocycles. The molecule has 0 fully saturated rings. The van der Waals surface area contributed by atoms with Crippen molar-refractivity contribution >= 4 is 10.9 Å². The Bertz CT molecular complexity index is 618. The van der Waals surface area contributed by atoms with Crippen LogP contribution in [0, 0.1) is 6.92 Å². The number of rotatable bonds is 3. The van der Waals surface area contributed by atoms with Crippen LogP contribution in [-0.2, 0) is 10.9 Å². The Balaban J connectivity index is 2.11. The molecule has 0 aliphatic carbocycles. The van der Waals surface area contributed by atoms with Gasteiger partial charge in [0.05, 0.1) is 10.9 Å². The van der Waals surface area contributed by atoms with Gasteiger partial charge in [-0.2, -0.15) is 0 Å². The number of hydrogen-bond donors (Lipinski definition) is 0. The fourth-order valence-corrected chi connectivity index (χ4v) is 4.28. The minimum Gasteiger partial charge on any atom is -0.0619 e. The zero-order valence-corrected chi connectivity index (χ0v) is 12.3.